The molecule has 18 heavy (non-hydrogen) atoms. The second-order valence-corrected chi connectivity index (χ2v) is 5.12. The van der Waals surface area contributed by atoms with Gasteiger partial charge in [0.15, 0.2) is 0 Å². The summed E-state index contributed by atoms with van der Waals surface area (Å²) < 4.78 is 5.73. The highest BCUT2D eigenvalue weighted by atomic mass is 16.5. The molecule has 1 aromatic carbocycles. The van der Waals surface area contributed by atoms with Crippen LogP contribution in [0.15, 0.2) is 30.3 Å². The lowest BCUT2D eigenvalue weighted by atomic mass is 9.83. The van der Waals surface area contributed by atoms with Crippen LogP contribution in [0.1, 0.15) is 38.5 Å². The molecule has 1 unspecified atom stereocenters. The van der Waals surface area contributed by atoms with E-state index in [9.17, 15) is 0 Å². The molecule has 0 radical (unpaired) electrons. The molecule has 1 aromatic rings. The van der Waals surface area contributed by atoms with E-state index < -0.39 is 0 Å². The van der Waals surface area contributed by atoms with Crippen LogP contribution in [0.3, 0.4) is 0 Å². The third-order valence-corrected chi connectivity index (χ3v) is 3.87. The summed E-state index contributed by atoms with van der Waals surface area (Å²) in [6.45, 7) is 0.732. The number of benzene rings is 1. The van der Waals surface area contributed by atoms with E-state index in [1.54, 1.807) is 0 Å². The fourth-order valence-electron chi connectivity index (χ4n) is 2.81. The van der Waals surface area contributed by atoms with E-state index in [2.05, 4.69) is 5.43 Å². The van der Waals surface area contributed by atoms with Gasteiger partial charge in [-0.1, -0.05) is 37.5 Å². The molecule has 1 fully saturated rings. The maximum Gasteiger partial charge on any atom is 0.119 e. The lowest BCUT2D eigenvalue weighted by Crippen LogP contribution is -2.42. The fraction of sp³-hybridized carbons (Fsp3) is 0.600. The van der Waals surface area contributed by atoms with Gasteiger partial charge in [-0.25, -0.2) is 0 Å². The zero-order valence-corrected chi connectivity index (χ0v) is 11.0. The average molecular weight is 248 g/mol. The smallest absolute Gasteiger partial charge is 0.119 e. The number of hydrogen-bond donors (Lipinski definition) is 2. The minimum Gasteiger partial charge on any atom is -0.494 e. The van der Waals surface area contributed by atoms with Crippen LogP contribution in [0.2, 0.25) is 0 Å². The van der Waals surface area contributed by atoms with E-state index in [1.807, 2.05) is 30.3 Å². The normalized spacial score (nSPS) is 18.5. The van der Waals surface area contributed by atoms with Crippen LogP contribution < -0.4 is 16.0 Å². The third kappa shape index (κ3) is 4.00. The Labute approximate surface area is 110 Å². The van der Waals surface area contributed by atoms with E-state index in [4.69, 9.17) is 10.6 Å². The molecular formula is C15H24N2O. The molecule has 0 bridgehead atoms. The molecule has 0 aliphatic heterocycles. The molecule has 100 valence electrons. The van der Waals surface area contributed by atoms with Crippen LogP contribution in [0.5, 0.6) is 5.75 Å². The zero-order chi connectivity index (χ0) is 12.6. The first kappa shape index (κ1) is 13.4. The van der Waals surface area contributed by atoms with E-state index >= 15 is 0 Å². The quantitative estimate of drug-likeness (QED) is 0.601. The number of nitrogens with two attached hydrogens (primary N) is 1. The molecule has 1 atom stereocenters. The van der Waals surface area contributed by atoms with Gasteiger partial charge in [-0.3, -0.25) is 11.3 Å². The Morgan fingerprint density at radius 2 is 1.89 bits per heavy atom. The summed E-state index contributed by atoms with van der Waals surface area (Å²) in [6.07, 6.45) is 7.68. The van der Waals surface area contributed by atoms with Crippen LogP contribution in [-0.2, 0) is 0 Å². The van der Waals surface area contributed by atoms with Gasteiger partial charge in [0.25, 0.3) is 0 Å². The first-order valence-electron chi connectivity index (χ1n) is 7.04. The summed E-state index contributed by atoms with van der Waals surface area (Å²) in [5.41, 5.74) is 2.98. The van der Waals surface area contributed by atoms with Crippen LogP contribution >= 0.6 is 0 Å². The van der Waals surface area contributed by atoms with Crippen LogP contribution in [-0.4, -0.2) is 12.6 Å². The monoisotopic (exact) mass is 248 g/mol. The average Bonchev–Trinajstić information content (AvgIpc) is 2.46. The second kappa shape index (κ2) is 7.39. The molecule has 0 aromatic heterocycles. The SMILES string of the molecule is NNC(CCOc1ccccc1)C1CCCCC1. The molecule has 0 heterocycles. The van der Waals surface area contributed by atoms with E-state index in [1.165, 1.54) is 32.1 Å². The maximum absolute atomic E-state index is 5.73. The highest BCUT2D eigenvalue weighted by Gasteiger charge is 2.22. The maximum atomic E-state index is 5.73. The van der Waals surface area contributed by atoms with Crippen molar-refractivity contribution in [2.24, 2.45) is 11.8 Å². The topological polar surface area (TPSA) is 47.3 Å². The Balaban J connectivity index is 1.73. The Morgan fingerprint density at radius 1 is 1.17 bits per heavy atom. The molecule has 0 amide bonds. The van der Waals surface area contributed by atoms with Gasteiger partial charge in [0.1, 0.15) is 5.75 Å². The summed E-state index contributed by atoms with van der Waals surface area (Å²) in [5, 5.41) is 0. The molecule has 1 saturated carbocycles. The van der Waals surface area contributed by atoms with Crippen molar-refractivity contribution >= 4 is 0 Å². The van der Waals surface area contributed by atoms with Gasteiger partial charge in [-0.05, 0) is 37.3 Å². The summed E-state index contributed by atoms with van der Waals surface area (Å²) in [4.78, 5) is 0. The summed E-state index contributed by atoms with van der Waals surface area (Å²) in [7, 11) is 0. The molecule has 1 aliphatic rings. The Bertz CT molecular complexity index is 323. The van der Waals surface area contributed by atoms with Gasteiger partial charge in [0.2, 0.25) is 0 Å². The highest BCUT2D eigenvalue weighted by molar-refractivity contribution is 5.20. The van der Waals surface area contributed by atoms with Crippen LogP contribution in [0.4, 0.5) is 0 Å². The molecule has 0 spiro atoms. The largest absolute Gasteiger partial charge is 0.494 e. The predicted octanol–water partition coefficient (Wildman–Crippen LogP) is 2.87. The molecular weight excluding hydrogens is 224 g/mol. The summed E-state index contributed by atoms with van der Waals surface area (Å²) >= 11 is 0. The minimum absolute atomic E-state index is 0.397. The van der Waals surface area contributed by atoms with Gasteiger partial charge in [-0.2, -0.15) is 0 Å². The molecule has 3 nitrogen and oxygen atoms in total. The second-order valence-electron chi connectivity index (χ2n) is 5.12. The Morgan fingerprint density at radius 3 is 2.56 bits per heavy atom. The van der Waals surface area contributed by atoms with Crippen molar-refractivity contribution in [3.8, 4) is 5.75 Å². The van der Waals surface area contributed by atoms with Crippen molar-refractivity contribution in [1.29, 1.82) is 0 Å². The molecule has 0 saturated heterocycles. The van der Waals surface area contributed by atoms with E-state index in [0.29, 0.717) is 6.04 Å². The molecule has 3 heteroatoms. The van der Waals surface area contributed by atoms with Crippen molar-refractivity contribution in [3.63, 3.8) is 0 Å². The fourth-order valence-corrected chi connectivity index (χ4v) is 2.81. The van der Waals surface area contributed by atoms with Crippen molar-refractivity contribution in [2.75, 3.05) is 6.61 Å². The lowest BCUT2D eigenvalue weighted by molar-refractivity contribution is 0.218. The van der Waals surface area contributed by atoms with Gasteiger partial charge in [0, 0.05) is 6.04 Å². The van der Waals surface area contributed by atoms with Crippen molar-refractivity contribution in [3.05, 3.63) is 30.3 Å². The molecule has 2 rings (SSSR count). The molecule has 1 aliphatic carbocycles. The Hall–Kier alpha value is -1.06. The van der Waals surface area contributed by atoms with Gasteiger partial charge in [0.05, 0.1) is 6.61 Å². The number of rotatable bonds is 6. The van der Waals surface area contributed by atoms with E-state index in [0.717, 1.165) is 24.7 Å². The first-order chi connectivity index (χ1) is 8.90. The van der Waals surface area contributed by atoms with Gasteiger partial charge < -0.3 is 4.74 Å². The van der Waals surface area contributed by atoms with Crippen LogP contribution in [0.25, 0.3) is 0 Å². The third-order valence-electron chi connectivity index (χ3n) is 3.87. The standard InChI is InChI=1S/C15H24N2O/c16-17-15(13-7-3-1-4-8-13)11-12-18-14-9-5-2-6-10-14/h2,5-6,9-10,13,15,17H,1,3-4,7-8,11-12,16H2. The van der Waals surface area contributed by atoms with Crippen molar-refractivity contribution in [2.45, 2.75) is 44.6 Å². The summed E-state index contributed by atoms with van der Waals surface area (Å²) in [5.74, 6) is 7.34. The number of hydrazine groups is 1. The predicted molar refractivity (Wildman–Crippen MR) is 74.2 cm³/mol. The first-order valence-corrected chi connectivity index (χ1v) is 7.04. The van der Waals surface area contributed by atoms with Crippen molar-refractivity contribution in [1.82, 2.24) is 5.43 Å². The van der Waals surface area contributed by atoms with Crippen molar-refractivity contribution < 1.29 is 4.74 Å². The van der Waals surface area contributed by atoms with E-state index in [-0.39, 0.29) is 0 Å². The Kier molecular flexibility index (Phi) is 5.49. The molecule has 3 N–H and O–H groups in total. The lowest BCUT2D eigenvalue weighted by Gasteiger charge is -2.29. The van der Waals surface area contributed by atoms with Gasteiger partial charge in [-0.15, -0.1) is 0 Å². The zero-order valence-electron chi connectivity index (χ0n) is 11.0. The van der Waals surface area contributed by atoms with Crippen LogP contribution in [0, 0.1) is 5.92 Å². The van der Waals surface area contributed by atoms with Gasteiger partial charge >= 0.3 is 0 Å². The summed E-state index contributed by atoms with van der Waals surface area (Å²) in [6, 6.07) is 10.4. The number of nitrogens with one attached hydrogen (secondary N) is 1. The number of ether oxygens (including phenoxy) is 1. The highest BCUT2D eigenvalue weighted by Crippen LogP contribution is 2.27. The number of para-hydroxylation sites is 1. The number of hydrogen-bond acceptors (Lipinski definition) is 3. The minimum atomic E-state index is 0.397.